The molecule has 0 aliphatic rings. The Kier molecular flexibility index (Phi) is 5.64. The second-order valence-corrected chi connectivity index (χ2v) is 6.24. The molecule has 1 heterocycles. The highest BCUT2D eigenvalue weighted by Gasteiger charge is 2.16. The van der Waals surface area contributed by atoms with Gasteiger partial charge < -0.3 is 16.4 Å². The lowest BCUT2D eigenvalue weighted by Crippen LogP contribution is -2.19. The Labute approximate surface area is 161 Å². The van der Waals surface area contributed by atoms with Crippen LogP contribution >= 0.6 is 0 Å². The van der Waals surface area contributed by atoms with E-state index in [1.807, 2.05) is 37.3 Å². The molecule has 0 spiro atoms. The highest BCUT2D eigenvalue weighted by molar-refractivity contribution is 6.04. The first-order valence-corrected chi connectivity index (χ1v) is 8.62. The van der Waals surface area contributed by atoms with E-state index in [9.17, 15) is 14.0 Å². The number of amides is 2. The number of nitrogens with zero attached hydrogens (tertiary/aromatic N) is 1. The molecule has 0 fully saturated rings. The van der Waals surface area contributed by atoms with E-state index in [2.05, 4.69) is 15.6 Å². The highest BCUT2D eigenvalue weighted by Crippen LogP contribution is 2.20. The summed E-state index contributed by atoms with van der Waals surface area (Å²) in [6.07, 6.45) is 1.40. The molecule has 0 bridgehead atoms. The fraction of sp³-hybridized carbons (Fsp3) is 0.0952. The Balaban J connectivity index is 1.64. The molecule has 0 saturated heterocycles. The standard InChI is InChI=1S/C21H19FN4O2/c1-13(14-5-3-2-4-6-14)20(27)25-16-8-10-19(24-12-16)21(28)26-18-9-7-15(22)11-17(18)23/h2-13H,23H2,1H3,(H,25,27)(H,26,28). The van der Waals surface area contributed by atoms with Crippen molar-refractivity contribution in [1.82, 2.24) is 4.98 Å². The van der Waals surface area contributed by atoms with Crippen LogP contribution in [-0.2, 0) is 4.79 Å². The molecule has 3 rings (SSSR count). The molecule has 1 unspecified atom stereocenters. The van der Waals surface area contributed by atoms with Crippen LogP contribution in [0.5, 0.6) is 0 Å². The Morgan fingerprint density at radius 3 is 2.43 bits per heavy atom. The molecule has 1 atom stereocenters. The van der Waals surface area contributed by atoms with Gasteiger partial charge in [-0.15, -0.1) is 0 Å². The van der Waals surface area contributed by atoms with Crippen molar-refractivity contribution in [1.29, 1.82) is 0 Å². The Morgan fingerprint density at radius 2 is 1.79 bits per heavy atom. The lowest BCUT2D eigenvalue weighted by atomic mass is 10.0. The van der Waals surface area contributed by atoms with E-state index in [-0.39, 0.29) is 23.2 Å². The number of nitrogens with one attached hydrogen (secondary N) is 2. The van der Waals surface area contributed by atoms with Crippen molar-refractivity contribution in [3.8, 4) is 0 Å². The molecule has 0 aliphatic heterocycles. The van der Waals surface area contributed by atoms with E-state index < -0.39 is 11.7 Å². The Bertz CT molecular complexity index is 991. The average molecular weight is 378 g/mol. The number of benzene rings is 2. The first-order chi connectivity index (χ1) is 13.4. The van der Waals surface area contributed by atoms with Crippen molar-refractivity contribution >= 4 is 28.9 Å². The van der Waals surface area contributed by atoms with Gasteiger partial charge in [0.25, 0.3) is 5.91 Å². The van der Waals surface area contributed by atoms with Crippen LogP contribution in [0.1, 0.15) is 28.9 Å². The number of carbonyl (C=O) groups is 2. The molecule has 0 radical (unpaired) electrons. The number of anilines is 3. The summed E-state index contributed by atoms with van der Waals surface area (Å²) in [6.45, 7) is 1.81. The van der Waals surface area contributed by atoms with Gasteiger partial charge in [0.15, 0.2) is 0 Å². The van der Waals surface area contributed by atoms with Crippen LogP contribution in [0, 0.1) is 5.82 Å². The largest absolute Gasteiger partial charge is 0.397 e. The molecule has 2 amide bonds. The maximum absolute atomic E-state index is 13.1. The van der Waals surface area contributed by atoms with Gasteiger partial charge in [-0.25, -0.2) is 9.37 Å². The van der Waals surface area contributed by atoms with E-state index in [1.165, 1.54) is 24.4 Å². The van der Waals surface area contributed by atoms with Gasteiger partial charge in [-0.2, -0.15) is 0 Å². The van der Waals surface area contributed by atoms with Gasteiger partial charge in [-0.05, 0) is 42.8 Å². The maximum atomic E-state index is 13.1. The smallest absolute Gasteiger partial charge is 0.274 e. The summed E-state index contributed by atoms with van der Waals surface area (Å²) < 4.78 is 13.1. The van der Waals surface area contributed by atoms with Gasteiger partial charge in [0.05, 0.1) is 29.2 Å². The topological polar surface area (TPSA) is 97.1 Å². The van der Waals surface area contributed by atoms with Crippen LogP contribution in [0.3, 0.4) is 0 Å². The third kappa shape index (κ3) is 4.50. The SMILES string of the molecule is CC(C(=O)Nc1ccc(C(=O)Nc2ccc(F)cc2N)nc1)c1ccccc1. The minimum atomic E-state index is -0.492. The highest BCUT2D eigenvalue weighted by atomic mass is 19.1. The zero-order valence-electron chi connectivity index (χ0n) is 15.1. The summed E-state index contributed by atoms with van der Waals surface area (Å²) in [5, 5.41) is 5.35. The Morgan fingerprint density at radius 1 is 1.04 bits per heavy atom. The van der Waals surface area contributed by atoms with Gasteiger partial charge in [-0.3, -0.25) is 9.59 Å². The van der Waals surface area contributed by atoms with Gasteiger partial charge in [0.2, 0.25) is 5.91 Å². The molecule has 3 aromatic rings. The van der Waals surface area contributed by atoms with E-state index in [1.54, 1.807) is 6.07 Å². The van der Waals surface area contributed by atoms with E-state index in [4.69, 9.17) is 5.73 Å². The molecule has 7 heteroatoms. The van der Waals surface area contributed by atoms with Gasteiger partial charge in [0, 0.05) is 0 Å². The second kappa shape index (κ2) is 8.30. The van der Waals surface area contributed by atoms with Crippen LogP contribution in [0.15, 0.2) is 66.9 Å². The fourth-order valence-electron chi connectivity index (χ4n) is 2.58. The number of carbonyl (C=O) groups excluding carboxylic acids is 2. The van der Waals surface area contributed by atoms with Crippen LogP contribution < -0.4 is 16.4 Å². The summed E-state index contributed by atoms with van der Waals surface area (Å²) in [5.41, 5.74) is 7.61. The van der Waals surface area contributed by atoms with E-state index in [0.717, 1.165) is 11.6 Å². The summed E-state index contributed by atoms with van der Waals surface area (Å²) in [7, 11) is 0. The van der Waals surface area contributed by atoms with Crippen molar-refractivity contribution in [3.05, 3.63) is 83.9 Å². The van der Waals surface area contributed by atoms with Crippen molar-refractivity contribution in [2.24, 2.45) is 0 Å². The molecule has 4 N–H and O–H groups in total. The normalized spacial score (nSPS) is 11.5. The monoisotopic (exact) mass is 378 g/mol. The first kappa shape index (κ1) is 19.0. The molecular weight excluding hydrogens is 359 g/mol. The first-order valence-electron chi connectivity index (χ1n) is 8.62. The molecular formula is C21H19FN4O2. The molecule has 2 aromatic carbocycles. The van der Waals surface area contributed by atoms with Crippen molar-refractivity contribution in [2.75, 3.05) is 16.4 Å². The average Bonchev–Trinajstić information content (AvgIpc) is 2.70. The number of rotatable bonds is 5. The number of hydrogen-bond donors (Lipinski definition) is 3. The fourth-order valence-corrected chi connectivity index (χ4v) is 2.58. The zero-order chi connectivity index (χ0) is 20.1. The van der Waals surface area contributed by atoms with Crippen molar-refractivity contribution in [3.63, 3.8) is 0 Å². The summed E-state index contributed by atoms with van der Waals surface area (Å²) in [4.78, 5) is 28.7. The van der Waals surface area contributed by atoms with E-state index in [0.29, 0.717) is 11.4 Å². The number of hydrogen-bond acceptors (Lipinski definition) is 4. The summed E-state index contributed by atoms with van der Waals surface area (Å²) in [6, 6.07) is 16.2. The van der Waals surface area contributed by atoms with Gasteiger partial charge in [-0.1, -0.05) is 30.3 Å². The number of pyridine rings is 1. The quantitative estimate of drug-likeness (QED) is 0.588. The van der Waals surface area contributed by atoms with Crippen LogP contribution in [0.25, 0.3) is 0 Å². The molecule has 0 aliphatic carbocycles. The number of nitrogen functional groups attached to an aromatic ring is 1. The molecule has 6 nitrogen and oxygen atoms in total. The summed E-state index contributed by atoms with van der Waals surface area (Å²) >= 11 is 0. The lowest BCUT2D eigenvalue weighted by Gasteiger charge is -2.12. The lowest BCUT2D eigenvalue weighted by molar-refractivity contribution is -0.117. The maximum Gasteiger partial charge on any atom is 0.274 e. The molecule has 1 aromatic heterocycles. The minimum absolute atomic E-state index is 0.118. The van der Waals surface area contributed by atoms with Crippen LogP contribution in [0.2, 0.25) is 0 Å². The third-order valence-corrected chi connectivity index (χ3v) is 4.22. The zero-order valence-corrected chi connectivity index (χ0v) is 15.1. The van der Waals surface area contributed by atoms with Gasteiger partial charge >= 0.3 is 0 Å². The van der Waals surface area contributed by atoms with E-state index >= 15 is 0 Å². The third-order valence-electron chi connectivity index (χ3n) is 4.22. The number of halogens is 1. The van der Waals surface area contributed by atoms with Crippen molar-refractivity contribution in [2.45, 2.75) is 12.8 Å². The molecule has 28 heavy (non-hydrogen) atoms. The number of nitrogens with two attached hydrogens (primary N) is 1. The summed E-state index contributed by atoms with van der Waals surface area (Å²) in [5.74, 6) is -1.48. The van der Waals surface area contributed by atoms with Crippen LogP contribution in [0.4, 0.5) is 21.5 Å². The second-order valence-electron chi connectivity index (χ2n) is 6.24. The predicted molar refractivity (Wildman–Crippen MR) is 106 cm³/mol. The van der Waals surface area contributed by atoms with Crippen LogP contribution in [-0.4, -0.2) is 16.8 Å². The van der Waals surface area contributed by atoms with Crippen molar-refractivity contribution < 1.29 is 14.0 Å². The minimum Gasteiger partial charge on any atom is -0.397 e. The molecule has 142 valence electrons. The van der Waals surface area contributed by atoms with Gasteiger partial charge in [0.1, 0.15) is 11.5 Å². The molecule has 0 saturated carbocycles. The predicted octanol–water partition coefficient (Wildman–Crippen LogP) is 3.80. The Hall–Kier alpha value is -3.74. The number of aromatic nitrogens is 1.